The number of aryl methyl sites for hydroxylation is 1. The minimum Gasteiger partial charge on any atom is -0.458 e. The molecule has 57 heavy (non-hydrogen) atoms. The van der Waals surface area contributed by atoms with Crippen LogP contribution in [0.25, 0.3) is 22.6 Å². The lowest BCUT2D eigenvalue weighted by atomic mass is 10.1. The van der Waals surface area contributed by atoms with Gasteiger partial charge in [-0.15, -0.1) is 10.2 Å². The van der Waals surface area contributed by atoms with Crippen LogP contribution in [0.15, 0.2) is 60.8 Å². The summed E-state index contributed by atoms with van der Waals surface area (Å²) < 4.78 is 78.8. The van der Waals surface area contributed by atoms with Crippen molar-refractivity contribution in [3.8, 4) is 22.6 Å². The van der Waals surface area contributed by atoms with Crippen LogP contribution < -0.4 is 4.90 Å². The summed E-state index contributed by atoms with van der Waals surface area (Å²) in [7, 11) is -6.64. The van der Waals surface area contributed by atoms with Crippen LogP contribution in [0, 0.1) is 5.82 Å². The summed E-state index contributed by atoms with van der Waals surface area (Å²) in [6.45, 7) is 13.4. The molecular formula is C38H49FN6O10P2. The first-order valence-electron chi connectivity index (χ1n) is 18.5. The van der Waals surface area contributed by atoms with Crippen LogP contribution >= 0.6 is 15.2 Å². The lowest BCUT2D eigenvalue weighted by molar-refractivity contribution is 0.0300. The van der Waals surface area contributed by atoms with Crippen molar-refractivity contribution in [1.29, 1.82) is 0 Å². The van der Waals surface area contributed by atoms with Crippen molar-refractivity contribution in [2.45, 2.75) is 97.7 Å². The van der Waals surface area contributed by atoms with Crippen molar-refractivity contribution in [1.82, 2.24) is 25.2 Å². The molecule has 1 aliphatic heterocycles. The molecule has 5 rings (SSSR count). The first kappa shape index (κ1) is 43.7. The Morgan fingerprint density at radius 1 is 0.877 bits per heavy atom. The molecule has 1 saturated heterocycles. The highest BCUT2D eigenvalue weighted by atomic mass is 31.2. The van der Waals surface area contributed by atoms with Crippen LogP contribution in [0.1, 0.15) is 71.3 Å². The van der Waals surface area contributed by atoms with Gasteiger partial charge < -0.3 is 27.6 Å². The van der Waals surface area contributed by atoms with Crippen molar-refractivity contribution in [3.05, 3.63) is 77.7 Å². The Labute approximate surface area is 331 Å². The largest absolute Gasteiger partial charge is 0.458 e. The number of esters is 1. The summed E-state index contributed by atoms with van der Waals surface area (Å²) in [6.07, 6.45) is -2.25. The molecule has 19 heteroatoms. The summed E-state index contributed by atoms with van der Waals surface area (Å²) in [5, 5.41) is 10.5. The number of halogens is 1. The maximum Gasteiger partial charge on any atom is 0.414 e. The number of hydrogen-bond donors (Lipinski definition) is 0. The van der Waals surface area contributed by atoms with Gasteiger partial charge in [0.15, 0.2) is 11.5 Å². The van der Waals surface area contributed by atoms with E-state index >= 15 is 4.39 Å². The third-order valence-corrected chi connectivity index (χ3v) is 14.5. The molecule has 0 saturated carbocycles. The maximum absolute atomic E-state index is 15.3. The third kappa shape index (κ3) is 11.2. The van der Waals surface area contributed by atoms with Crippen LogP contribution in [0.3, 0.4) is 0 Å². The van der Waals surface area contributed by atoms with Gasteiger partial charge in [0.2, 0.25) is 5.82 Å². The number of amides is 1. The second-order valence-corrected chi connectivity index (χ2v) is 19.1. The number of ether oxygens (including phenoxy) is 2. The topological polar surface area (TPSA) is 183 Å². The standard InChI is InChI=1S/C38H49FN6O10P2/c1-23(2)52-56(48,53-24(3)4)35(57(49,54-25(5)6)55-26(7)8)18-27-10-12-28(13-11-27)37(46)50-22-31-21-45(38(47)51-31)30-15-16-32(33(39)19-30)29-14-17-34(40-20-29)36-41-43-44(9)42-36/h10-17,19-20,23-26,31,35H,18,21-22H2,1-9H3/t31-/m1/s1. The number of hydrogen-bond acceptors (Lipinski definition) is 14. The number of rotatable bonds is 18. The number of nitrogens with zero attached hydrogens (tertiary/aromatic N) is 6. The zero-order valence-electron chi connectivity index (χ0n) is 33.4. The van der Waals surface area contributed by atoms with Gasteiger partial charge in [-0.1, -0.05) is 18.2 Å². The van der Waals surface area contributed by atoms with Gasteiger partial charge >= 0.3 is 27.3 Å². The second-order valence-electron chi connectivity index (χ2n) is 14.5. The van der Waals surface area contributed by atoms with Crippen LogP contribution in [-0.4, -0.2) is 86.3 Å². The number of carbonyl (C=O) groups excluding carboxylic acids is 2. The molecule has 0 radical (unpaired) electrons. The summed E-state index contributed by atoms with van der Waals surface area (Å²) in [4.78, 5) is 32.7. The van der Waals surface area contributed by atoms with Gasteiger partial charge in [-0.05, 0) is 109 Å². The molecule has 2 aromatic heterocycles. The zero-order chi connectivity index (χ0) is 41.7. The molecule has 3 heterocycles. The van der Waals surface area contributed by atoms with E-state index in [1.807, 2.05) is 0 Å². The Morgan fingerprint density at radius 2 is 1.47 bits per heavy atom. The van der Waals surface area contributed by atoms with Crippen molar-refractivity contribution in [2.24, 2.45) is 7.05 Å². The lowest BCUT2D eigenvalue weighted by Gasteiger charge is -2.35. The molecule has 2 aromatic carbocycles. The smallest absolute Gasteiger partial charge is 0.414 e. The highest BCUT2D eigenvalue weighted by Gasteiger charge is 2.53. The van der Waals surface area contributed by atoms with Crippen molar-refractivity contribution in [3.63, 3.8) is 0 Å². The average Bonchev–Trinajstić information content (AvgIpc) is 3.73. The van der Waals surface area contributed by atoms with E-state index in [4.69, 9.17) is 27.6 Å². The van der Waals surface area contributed by atoms with E-state index in [9.17, 15) is 18.7 Å². The minimum atomic E-state index is -4.14. The minimum absolute atomic E-state index is 0.0144. The van der Waals surface area contributed by atoms with Gasteiger partial charge in [0.1, 0.15) is 18.1 Å². The molecule has 16 nitrogen and oxygen atoms in total. The quantitative estimate of drug-likeness (QED) is 0.0690. The zero-order valence-corrected chi connectivity index (χ0v) is 35.2. The monoisotopic (exact) mass is 830 g/mol. The van der Waals surface area contributed by atoms with E-state index in [1.165, 1.54) is 40.2 Å². The Balaban J connectivity index is 1.24. The highest BCUT2D eigenvalue weighted by molar-refractivity contribution is 7.72. The SMILES string of the molecule is CC(C)OP(=O)(OC(C)C)C(Cc1ccc(C(=O)OC[C@H]2CN(c3ccc(-c4ccc(-c5nnn(C)n5)nc4)c(F)c3)C(=O)O2)cc1)P(=O)(OC(C)C)OC(C)C. The fraction of sp³-hybridized carbons (Fsp3) is 0.474. The molecule has 1 aliphatic rings. The van der Waals surface area contributed by atoms with E-state index in [0.29, 0.717) is 22.6 Å². The summed E-state index contributed by atoms with van der Waals surface area (Å²) in [5.41, 5.74) is 2.27. The molecule has 0 N–H and O–H groups in total. The van der Waals surface area contributed by atoms with E-state index in [1.54, 1.807) is 92.8 Å². The normalized spacial score (nSPS) is 15.1. The number of pyridine rings is 1. The van der Waals surface area contributed by atoms with Crippen molar-refractivity contribution in [2.75, 3.05) is 18.1 Å². The Bertz CT molecular complexity index is 2050. The second kappa shape index (κ2) is 18.5. The van der Waals surface area contributed by atoms with Crippen molar-refractivity contribution >= 4 is 32.9 Å². The summed E-state index contributed by atoms with van der Waals surface area (Å²) in [6, 6.07) is 13.9. The number of anilines is 1. The van der Waals surface area contributed by atoms with Gasteiger partial charge in [-0.25, -0.2) is 14.0 Å². The lowest BCUT2D eigenvalue weighted by Crippen LogP contribution is -2.26. The van der Waals surface area contributed by atoms with Crippen LogP contribution in [-0.2, 0) is 50.2 Å². The fourth-order valence-corrected chi connectivity index (χ4v) is 11.9. The first-order chi connectivity index (χ1) is 26.9. The number of aromatic nitrogens is 5. The first-order valence-corrected chi connectivity index (χ1v) is 21.8. The summed E-state index contributed by atoms with van der Waals surface area (Å²) in [5.74, 6) is -0.933. The molecule has 1 amide bonds. The molecular weight excluding hydrogens is 781 g/mol. The number of benzene rings is 2. The van der Waals surface area contributed by atoms with Gasteiger partial charge in [-0.3, -0.25) is 19.0 Å². The van der Waals surface area contributed by atoms with Crippen LogP contribution in [0.2, 0.25) is 0 Å². The molecule has 0 aliphatic carbocycles. The van der Waals surface area contributed by atoms with Gasteiger partial charge in [-0.2, -0.15) is 4.80 Å². The predicted octanol–water partition coefficient (Wildman–Crippen LogP) is 8.22. The van der Waals surface area contributed by atoms with E-state index < -0.39 is 69.0 Å². The van der Waals surface area contributed by atoms with Gasteiger partial charge in [0.25, 0.3) is 0 Å². The third-order valence-electron chi connectivity index (χ3n) is 8.12. The number of cyclic esters (lactones) is 1. The van der Waals surface area contributed by atoms with E-state index in [0.717, 1.165) is 0 Å². The molecule has 4 aromatic rings. The van der Waals surface area contributed by atoms with E-state index in [2.05, 4.69) is 20.4 Å². The number of tetrazole rings is 1. The van der Waals surface area contributed by atoms with Gasteiger partial charge in [0.05, 0.1) is 49.3 Å². The van der Waals surface area contributed by atoms with Crippen LogP contribution in [0.5, 0.6) is 0 Å². The fourth-order valence-electron chi connectivity index (χ4n) is 5.94. The van der Waals surface area contributed by atoms with E-state index in [-0.39, 0.29) is 36.4 Å². The Hall–Kier alpha value is -4.37. The van der Waals surface area contributed by atoms with Crippen LogP contribution in [0.4, 0.5) is 14.9 Å². The predicted molar refractivity (Wildman–Crippen MR) is 209 cm³/mol. The van der Waals surface area contributed by atoms with Crippen molar-refractivity contribution < 1.29 is 50.7 Å². The Morgan fingerprint density at radius 3 is 1.96 bits per heavy atom. The Kier molecular flexibility index (Phi) is 14.2. The van der Waals surface area contributed by atoms with Gasteiger partial charge in [0, 0.05) is 17.3 Å². The molecule has 0 spiro atoms. The summed E-state index contributed by atoms with van der Waals surface area (Å²) >= 11 is 0. The molecule has 0 bridgehead atoms. The molecule has 308 valence electrons. The maximum atomic E-state index is 15.3. The molecule has 1 atom stereocenters. The molecule has 1 fully saturated rings. The number of carbonyl (C=O) groups is 2. The average molecular weight is 831 g/mol. The molecule has 0 unspecified atom stereocenters. The highest BCUT2D eigenvalue weighted by Crippen LogP contribution is 2.72.